The van der Waals surface area contributed by atoms with Crippen LogP contribution in [0, 0.1) is 0 Å². The molecule has 0 fully saturated rings. The van der Waals surface area contributed by atoms with Gasteiger partial charge >= 0.3 is 12.4 Å². The Morgan fingerprint density at radius 1 is 0.812 bits per heavy atom. The van der Waals surface area contributed by atoms with Crippen LogP contribution in [-0.2, 0) is 12.4 Å². The summed E-state index contributed by atoms with van der Waals surface area (Å²) in [7, 11) is 0. The summed E-state index contributed by atoms with van der Waals surface area (Å²) in [5, 5.41) is 0. The van der Waals surface area contributed by atoms with Crippen molar-refractivity contribution in [3.63, 3.8) is 0 Å². The normalized spacial score (nSPS) is 21.2. The Balaban J connectivity index is 1.86. The molecule has 0 amide bonds. The first-order chi connectivity index (χ1) is 14.7. The van der Waals surface area contributed by atoms with Gasteiger partial charge in [-0.05, 0) is 54.6 Å². The SMILES string of the molecule is Nc1ccc(OC2=CC(N)C(N)(Oc3ccc(N)cc3C(F)(F)F)C=C2)c(C(F)(F)F)c1. The van der Waals surface area contributed by atoms with E-state index in [1.807, 2.05) is 0 Å². The lowest BCUT2D eigenvalue weighted by Crippen LogP contribution is -2.58. The van der Waals surface area contributed by atoms with Crippen molar-refractivity contribution in [2.45, 2.75) is 24.1 Å². The Hall–Kier alpha value is -3.38. The molecule has 0 spiro atoms. The molecule has 0 saturated carbocycles. The predicted octanol–water partition coefficient (Wildman–Crippen LogP) is 3.78. The van der Waals surface area contributed by atoms with Gasteiger partial charge in [-0.15, -0.1) is 0 Å². The zero-order valence-electron chi connectivity index (χ0n) is 16.2. The fourth-order valence-corrected chi connectivity index (χ4v) is 2.89. The van der Waals surface area contributed by atoms with E-state index in [1.54, 1.807) is 0 Å². The average molecular weight is 460 g/mol. The molecule has 8 N–H and O–H groups in total. The Morgan fingerprint density at radius 2 is 1.31 bits per heavy atom. The van der Waals surface area contributed by atoms with Crippen LogP contribution in [0.5, 0.6) is 11.5 Å². The molecule has 1 aliphatic rings. The van der Waals surface area contributed by atoms with Crippen molar-refractivity contribution in [1.29, 1.82) is 0 Å². The van der Waals surface area contributed by atoms with Gasteiger partial charge in [0.15, 0.2) is 5.72 Å². The first kappa shape index (κ1) is 23.3. The third-order valence-corrected chi connectivity index (χ3v) is 4.51. The van der Waals surface area contributed by atoms with E-state index in [4.69, 9.17) is 32.4 Å². The highest BCUT2D eigenvalue weighted by Crippen LogP contribution is 2.40. The summed E-state index contributed by atoms with van der Waals surface area (Å²) in [4.78, 5) is 0. The molecule has 1 aliphatic carbocycles. The highest BCUT2D eigenvalue weighted by atomic mass is 19.4. The van der Waals surface area contributed by atoms with Crippen molar-refractivity contribution in [2.24, 2.45) is 11.5 Å². The Labute approximate surface area is 178 Å². The van der Waals surface area contributed by atoms with Crippen LogP contribution in [0.2, 0.25) is 0 Å². The van der Waals surface area contributed by atoms with Crippen molar-refractivity contribution >= 4 is 11.4 Å². The van der Waals surface area contributed by atoms with Gasteiger partial charge in [0, 0.05) is 11.4 Å². The van der Waals surface area contributed by atoms with E-state index in [0.29, 0.717) is 12.1 Å². The van der Waals surface area contributed by atoms with E-state index in [9.17, 15) is 26.3 Å². The fraction of sp³-hybridized carbons (Fsp3) is 0.200. The second-order valence-corrected chi connectivity index (χ2v) is 6.99. The molecule has 0 heterocycles. The lowest BCUT2D eigenvalue weighted by molar-refractivity contribution is -0.140. The molecule has 0 radical (unpaired) electrons. The van der Waals surface area contributed by atoms with Crippen LogP contribution in [0.15, 0.2) is 60.4 Å². The summed E-state index contributed by atoms with van der Waals surface area (Å²) in [6.07, 6.45) is -6.16. The van der Waals surface area contributed by atoms with Gasteiger partial charge in [-0.1, -0.05) is 0 Å². The Bertz CT molecular complexity index is 1080. The minimum Gasteiger partial charge on any atom is -0.467 e. The van der Waals surface area contributed by atoms with Gasteiger partial charge < -0.3 is 26.7 Å². The lowest BCUT2D eigenvalue weighted by atomic mass is 9.98. The zero-order valence-corrected chi connectivity index (χ0v) is 16.2. The van der Waals surface area contributed by atoms with Gasteiger partial charge in [-0.3, -0.25) is 5.73 Å². The number of alkyl halides is 6. The quantitative estimate of drug-likeness (QED) is 0.313. The van der Waals surface area contributed by atoms with E-state index >= 15 is 0 Å². The summed E-state index contributed by atoms with van der Waals surface area (Å²) in [6.45, 7) is 0. The number of benzene rings is 2. The molecule has 0 bridgehead atoms. The number of nitrogen functional groups attached to an aromatic ring is 2. The van der Waals surface area contributed by atoms with Gasteiger partial charge in [0.2, 0.25) is 0 Å². The molecular formula is C20H18F6N4O2. The third kappa shape index (κ3) is 4.92. The summed E-state index contributed by atoms with van der Waals surface area (Å²) in [5.41, 5.74) is 18.3. The van der Waals surface area contributed by atoms with Gasteiger partial charge in [0.25, 0.3) is 0 Å². The van der Waals surface area contributed by atoms with Crippen molar-refractivity contribution in [1.82, 2.24) is 0 Å². The number of hydrogen-bond acceptors (Lipinski definition) is 6. The number of allylic oxidation sites excluding steroid dienone is 1. The average Bonchev–Trinajstić information content (AvgIpc) is 2.66. The molecule has 2 aromatic carbocycles. The van der Waals surface area contributed by atoms with Crippen LogP contribution in [0.1, 0.15) is 11.1 Å². The second kappa shape index (κ2) is 7.95. The van der Waals surface area contributed by atoms with E-state index < -0.39 is 46.7 Å². The Morgan fingerprint density at radius 3 is 1.81 bits per heavy atom. The number of rotatable bonds is 4. The number of ether oxygens (including phenoxy) is 2. The molecule has 2 unspecified atom stereocenters. The van der Waals surface area contributed by atoms with Crippen molar-refractivity contribution in [2.75, 3.05) is 11.5 Å². The van der Waals surface area contributed by atoms with Gasteiger partial charge in [0.1, 0.15) is 22.8 Å². The van der Waals surface area contributed by atoms with Crippen molar-refractivity contribution in [3.05, 3.63) is 71.5 Å². The minimum atomic E-state index is -4.78. The molecular weight excluding hydrogens is 442 g/mol. The van der Waals surface area contributed by atoms with E-state index in [-0.39, 0.29) is 17.1 Å². The van der Waals surface area contributed by atoms with E-state index in [0.717, 1.165) is 30.4 Å². The van der Waals surface area contributed by atoms with Crippen LogP contribution in [-0.4, -0.2) is 11.8 Å². The highest BCUT2D eigenvalue weighted by Gasteiger charge is 2.40. The summed E-state index contributed by atoms with van der Waals surface area (Å²) >= 11 is 0. The monoisotopic (exact) mass is 460 g/mol. The molecule has 2 aromatic rings. The summed E-state index contributed by atoms with van der Waals surface area (Å²) < 4.78 is 90.3. The highest BCUT2D eigenvalue weighted by molar-refractivity contribution is 5.51. The van der Waals surface area contributed by atoms with Crippen LogP contribution in [0.25, 0.3) is 0 Å². The minimum absolute atomic E-state index is 0.118. The number of hydrogen-bond donors (Lipinski definition) is 4. The molecule has 0 aliphatic heterocycles. The van der Waals surface area contributed by atoms with E-state index in [2.05, 4.69) is 0 Å². The topological polar surface area (TPSA) is 123 Å². The molecule has 12 heteroatoms. The van der Waals surface area contributed by atoms with E-state index in [1.165, 1.54) is 12.1 Å². The molecule has 2 atom stereocenters. The summed E-state index contributed by atoms with van der Waals surface area (Å²) in [5.74, 6) is -1.28. The Kier molecular flexibility index (Phi) is 5.78. The van der Waals surface area contributed by atoms with Crippen LogP contribution in [0.3, 0.4) is 0 Å². The van der Waals surface area contributed by atoms with Crippen LogP contribution >= 0.6 is 0 Å². The smallest absolute Gasteiger partial charge is 0.420 e. The standard InChI is InChI=1S/C20H18F6N4O2/c21-19(22,23)13-7-10(27)1-3-15(13)31-12-5-6-18(30,17(29)9-12)32-16-4-2-11(28)8-14(16)20(24,25)26/h1-9,17H,27-30H2. The molecule has 6 nitrogen and oxygen atoms in total. The third-order valence-electron chi connectivity index (χ3n) is 4.51. The molecule has 0 saturated heterocycles. The first-order valence-corrected chi connectivity index (χ1v) is 8.95. The first-order valence-electron chi connectivity index (χ1n) is 8.95. The number of anilines is 2. The lowest BCUT2D eigenvalue weighted by Gasteiger charge is -2.34. The molecule has 3 rings (SSSR count). The van der Waals surface area contributed by atoms with Crippen LogP contribution < -0.4 is 32.4 Å². The molecule has 172 valence electrons. The predicted molar refractivity (Wildman–Crippen MR) is 105 cm³/mol. The maximum absolute atomic E-state index is 13.3. The van der Waals surface area contributed by atoms with Crippen molar-refractivity contribution < 1.29 is 35.8 Å². The number of halogens is 6. The maximum Gasteiger partial charge on any atom is 0.420 e. The van der Waals surface area contributed by atoms with Gasteiger partial charge in [-0.2, -0.15) is 26.3 Å². The number of nitrogens with two attached hydrogens (primary N) is 4. The molecule has 32 heavy (non-hydrogen) atoms. The zero-order chi connectivity index (χ0) is 23.9. The van der Waals surface area contributed by atoms with Crippen molar-refractivity contribution in [3.8, 4) is 11.5 Å². The van der Waals surface area contributed by atoms with Gasteiger partial charge in [0.05, 0.1) is 11.6 Å². The largest absolute Gasteiger partial charge is 0.467 e. The molecule has 0 aromatic heterocycles. The van der Waals surface area contributed by atoms with Crippen LogP contribution in [0.4, 0.5) is 37.7 Å². The fourth-order valence-electron chi connectivity index (χ4n) is 2.89. The summed E-state index contributed by atoms with van der Waals surface area (Å²) in [6, 6.07) is 4.55. The maximum atomic E-state index is 13.3. The van der Waals surface area contributed by atoms with Gasteiger partial charge in [-0.25, -0.2) is 0 Å². The second-order valence-electron chi connectivity index (χ2n) is 6.99.